The van der Waals surface area contributed by atoms with Crippen LogP contribution >= 0.6 is 0 Å². The second kappa shape index (κ2) is 7.07. The second-order valence-corrected chi connectivity index (χ2v) is 6.37. The topological polar surface area (TPSA) is 23.6 Å². The summed E-state index contributed by atoms with van der Waals surface area (Å²) in [4.78, 5) is 16.4. The molecular formula is C19H18F4N2O. The van der Waals surface area contributed by atoms with Gasteiger partial charge in [0.1, 0.15) is 5.82 Å². The van der Waals surface area contributed by atoms with E-state index in [1.165, 1.54) is 24.3 Å². The fraction of sp³-hybridized carbons (Fsp3) is 0.316. The van der Waals surface area contributed by atoms with Gasteiger partial charge in [0, 0.05) is 25.2 Å². The van der Waals surface area contributed by atoms with E-state index in [1.54, 1.807) is 17.0 Å². The van der Waals surface area contributed by atoms with Crippen molar-refractivity contribution in [1.29, 1.82) is 0 Å². The zero-order chi connectivity index (χ0) is 18.9. The minimum Gasteiger partial charge on any atom is -0.335 e. The van der Waals surface area contributed by atoms with E-state index in [9.17, 15) is 22.4 Å². The number of alkyl halides is 3. The number of amides is 1. The molecule has 7 heteroatoms. The molecule has 2 aromatic carbocycles. The molecule has 0 aliphatic carbocycles. The average molecular weight is 366 g/mol. The van der Waals surface area contributed by atoms with Crippen molar-refractivity contribution < 1.29 is 22.4 Å². The predicted molar refractivity (Wildman–Crippen MR) is 89.1 cm³/mol. The molecule has 0 bridgehead atoms. The van der Waals surface area contributed by atoms with E-state index >= 15 is 0 Å². The summed E-state index contributed by atoms with van der Waals surface area (Å²) in [5, 5.41) is 0. The van der Waals surface area contributed by atoms with Crippen molar-refractivity contribution in [3.63, 3.8) is 0 Å². The summed E-state index contributed by atoms with van der Waals surface area (Å²) in [6.45, 7) is 1.49. The molecule has 0 N–H and O–H groups in total. The largest absolute Gasteiger partial charge is 0.416 e. The first-order valence-corrected chi connectivity index (χ1v) is 8.18. The number of nitrogens with zero attached hydrogens (tertiary/aromatic N) is 2. The highest BCUT2D eigenvalue weighted by Crippen LogP contribution is 2.30. The molecule has 1 aliphatic rings. The third-order valence-corrected chi connectivity index (χ3v) is 4.65. The zero-order valence-corrected chi connectivity index (χ0v) is 14.1. The first kappa shape index (κ1) is 18.4. The molecule has 3 nitrogen and oxygen atoms in total. The molecule has 1 heterocycles. The number of carbonyl (C=O) groups is 1. The van der Waals surface area contributed by atoms with Crippen molar-refractivity contribution in [1.82, 2.24) is 9.80 Å². The van der Waals surface area contributed by atoms with Crippen LogP contribution < -0.4 is 0 Å². The van der Waals surface area contributed by atoms with Gasteiger partial charge in [0.05, 0.1) is 11.6 Å². The van der Waals surface area contributed by atoms with Gasteiger partial charge in [-0.2, -0.15) is 13.2 Å². The Bertz CT molecular complexity index is 772. The minimum atomic E-state index is -4.43. The molecule has 2 aromatic rings. The van der Waals surface area contributed by atoms with E-state index in [-0.39, 0.29) is 23.3 Å². The summed E-state index contributed by atoms with van der Waals surface area (Å²) in [6.07, 6.45) is -4.43. The maximum Gasteiger partial charge on any atom is 0.416 e. The van der Waals surface area contributed by atoms with Crippen molar-refractivity contribution >= 4 is 5.91 Å². The van der Waals surface area contributed by atoms with Gasteiger partial charge in [-0.05, 0) is 49.0 Å². The van der Waals surface area contributed by atoms with Gasteiger partial charge in [-0.3, -0.25) is 9.69 Å². The molecule has 0 radical (unpaired) electrons. The van der Waals surface area contributed by atoms with Gasteiger partial charge in [0.2, 0.25) is 0 Å². The van der Waals surface area contributed by atoms with E-state index in [4.69, 9.17) is 0 Å². The molecule has 1 aliphatic heterocycles. The van der Waals surface area contributed by atoms with E-state index in [2.05, 4.69) is 4.90 Å². The van der Waals surface area contributed by atoms with Crippen LogP contribution in [0.4, 0.5) is 17.6 Å². The lowest BCUT2D eigenvalue weighted by Gasteiger charge is -2.39. The Morgan fingerprint density at radius 3 is 2.19 bits per heavy atom. The van der Waals surface area contributed by atoms with Crippen LogP contribution in [0.3, 0.4) is 0 Å². The van der Waals surface area contributed by atoms with Crippen molar-refractivity contribution in [2.24, 2.45) is 0 Å². The van der Waals surface area contributed by atoms with Crippen LogP contribution in [0, 0.1) is 5.82 Å². The highest BCUT2D eigenvalue weighted by atomic mass is 19.4. The molecule has 26 heavy (non-hydrogen) atoms. The van der Waals surface area contributed by atoms with Gasteiger partial charge < -0.3 is 4.90 Å². The van der Waals surface area contributed by atoms with Gasteiger partial charge in [0.25, 0.3) is 5.91 Å². The van der Waals surface area contributed by atoms with Crippen LogP contribution in [0.15, 0.2) is 48.5 Å². The van der Waals surface area contributed by atoms with Crippen LogP contribution in [0.5, 0.6) is 0 Å². The van der Waals surface area contributed by atoms with Crippen LogP contribution in [0.1, 0.15) is 27.5 Å². The molecule has 1 unspecified atom stereocenters. The molecule has 1 atom stereocenters. The molecule has 3 rings (SSSR count). The molecule has 1 fully saturated rings. The van der Waals surface area contributed by atoms with Gasteiger partial charge in [-0.15, -0.1) is 0 Å². The number of benzene rings is 2. The highest BCUT2D eigenvalue weighted by molar-refractivity contribution is 5.94. The number of carbonyl (C=O) groups excluding carboxylic acids is 1. The van der Waals surface area contributed by atoms with Crippen LogP contribution in [-0.2, 0) is 6.18 Å². The number of hydrogen-bond donors (Lipinski definition) is 0. The third-order valence-electron chi connectivity index (χ3n) is 4.65. The summed E-state index contributed by atoms with van der Waals surface area (Å²) in [5.74, 6) is -0.635. The summed E-state index contributed by atoms with van der Waals surface area (Å²) in [5.41, 5.74) is 0.329. The molecular weight excluding hydrogens is 348 g/mol. The first-order chi connectivity index (χ1) is 12.3. The summed E-state index contributed by atoms with van der Waals surface area (Å²) < 4.78 is 51.1. The summed E-state index contributed by atoms with van der Waals surface area (Å²) >= 11 is 0. The van der Waals surface area contributed by atoms with Gasteiger partial charge in [-0.25, -0.2) is 4.39 Å². The first-order valence-electron chi connectivity index (χ1n) is 8.18. The molecule has 1 amide bonds. The van der Waals surface area contributed by atoms with Crippen molar-refractivity contribution in [3.05, 3.63) is 71.0 Å². The maximum atomic E-state index is 13.1. The molecule has 0 spiro atoms. The van der Waals surface area contributed by atoms with Crippen LogP contribution in [0.2, 0.25) is 0 Å². The van der Waals surface area contributed by atoms with E-state index in [0.717, 1.165) is 17.7 Å². The Labute approximate surface area is 148 Å². The standard InChI is InChI=1S/C19H18F4N2O/c1-24-10-11-25(12-17(24)13-4-8-16(20)9-5-13)18(26)14-2-6-15(7-3-14)19(21,22)23/h2-9,17H,10-12H2,1H3. The summed E-state index contributed by atoms with van der Waals surface area (Å²) in [7, 11) is 1.92. The normalized spacial score (nSPS) is 18.8. The molecule has 138 valence electrons. The smallest absolute Gasteiger partial charge is 0.335 e. The number of halogens is 4. The van der Waals surface area contributed by atoms with E-state index in [1.807, 2.05) is 7.05 Å². The Balaban J connectivity index is 1.76. The van der Waals surface area contributed by atoms with Crippen molar-refractivity contribution in [3.8, 4) is 0 Å². The molecule has 0 aromatic heterocycles. The fourth-order valence-corrected chi connectivity index (χ4v) is 3.09. The Morgan fingerprint density at radius 1 is 1.00 bits per heavy atom. The lowest BCUT2D eigenvalue weighted by atomic mass is 10.0. The monoisotopic (exact) mass is 366 g/mol. The lowest BCUT2D eigenvalue weighted by Crippen LogP contribution is -2.49. The third kappa shape index (κ3) is 3.88. The SMILES string of the molecule is CN1CCN(C(=O)c2ccc(C(F)(F)F)cc2)CC1c1ccc(F)cc1. The molecule has 1 saturated heterocycles. The van der Waals surface area contributed by atoms with E-state index in [0.29, 0.717) is 19.6 Å². The Kier molecular flexibility index (Phi) is 5.00. The second-order valence-electron chi connectivity index (χ2n) is 6.37. The van der Waals surface area contributed by atoms with E-state index < -0.39 is 11.7 Å². The number of likely N-dealkylation sites (N-methyl/N-ethyl adjacent to an activating group) is 1. The molecule has 0 saturated carbocycles. The van der Waals surface area contributed by atoms with Crippen LogP contribution in [-0.4, -0.2) is 42.4 Å². The quantitative estimate of drug-likeness (QED) is 0.751. The number of piperazine rings is 1. The van der Waals surface area contributed by atoms with Crippen molar-refractivity contribution in [2.75, 3.05) is 26.7 Å². The Hall–Kier alpha value is -2.41. The maximum absolute atomic E-state index is 13.1. The lowest BCUT2D eigenvalue weighted by molar-refractivity contribution is -0.137. The van der Waals surface area contributed by atoms with Gasteiger partial charge in [-0.1, -0.05) is 12.1 Å². The summed E-state index contributed by atoms with van der Waals surface area (Å²) in [6, 6.07) is 10.3. The average Bonchev–Trinajstić information content (AvgIpc) is 2.62. The van der Waals surface area contributed by atoms with Crippen LogP contribution in [0.25, 0.3) is 0 Å². The minimum absolute atomic E-state index is 0.0947. The number of hydrogen-bond acceptors (Lipinski definition) is 2. The Morgan fingerprint density at radius 2 is 1.62 bits per heavy atom. The predicted octanol–water partition coefficient (Wildman–Crippen LogP) is 3.97. The highest BCUT2D eigenvalue weighted by Gasteiger charge is 2.32. The number of rotatable bonds is 2. The fourth-order valence-electron chi connectivity index (χ4n) is 3.09. The van der Waals surface area contributed by atoms with Gasteiger partial charge in [0.15, 0.2) is 0 Å². The van der Waals surface area contributed by atoms with Gasteiger partial charge >= 0.3 is 6.18 Å². The van der Waals surface area contributed by atoms with Crippen molar-refractivity contribution in [2.45, 2.75) is 12.2 Å². The zero-order valence-electron chi connectivity index (χ0n) is 14.1.